The normalized spacial score (nSPS) is 18.0. The van der Waals surface area contributed by atoms with Crippen molar-refractivity contribution in [2.45, 2.75) is 52.0 Å². The molecule has 0 heterocycles. The van der Waals surface area contributed by atoms with Gasteiger partial charge in [0.15, 0.2) is 0 Å². The molecule has 14 heavy (non-hydrogen) atoms. The lowest BCUT2D eigenvalue weighted by Gasteiger charge is -2.26. The Balaban J connectivity index is 3.96. The first kappa shape index (κ1) is 13.7. The minimum Gasteiger partial charge on any atom is -0.393 e. The van der Waals surface area contributed by atoms with Crippen LogP contribution in [-0.2, 0) is 0 Å². The minimum atomic E-state index is -4.59. The van der Waals surface area contributed by atoms with Gasteiger partial charge in [-0.15, -0.1) is 0 Å². The summed E-state index contributed by atoms with van der Waals surface area (Å²) >= 11 is 0. The van der Waals surface area contributed by atoms with Crippen LogP contribution in [-0.4, -0.2) is 28.6 Å². The maximum Gasteiger partial charge on any atom is 0.414 e. The highest BCUT2D eigenvalue weighted by Crippen LogP contribution is 2.27. The molecule has 0 radical (unpaired) electrons. The van der Waals surface area contributed by atoms with Crippen molar-refractivity contribution < 1.29 is 23.4 Å². The van der Waals surface area contributed by atoms with Gasteiger partial charge >= 0.3 is 6.18 Å². The van der Waals surface area contributed by atoms with Gasteiger partial charge in [-0.3, -0.25) is 0 Å². The van der Waals surface area contributed by atoms with E-state index >= 15 is 0 Å². The topological polar surface area (TPSA) is 40.5 Å². The van der Waals surface area contributed by atoms with E-state index in [9.17, 15) is 18.3 Å². The Morgan fingerprint density at radius 1 is 0.929 bits per heavy atom. The van der Waals surface area contributed by atoms with E-state index in [2.05, 4.69) is 0 Å². The fourth-order valence-corrected chi connectivity index (χ4v) is 0.912. The van der Waals surface area contributed by atoms with Crippen LogP contribution >= 0.6 is 0 Å². The van der Waals surface area contributed by atoms with Gasteiger partial charge in [-0.2, -0.15) is 13.2 Å². The van der Waals surface area contributed by atoms with Gasteiger partial charge in [0, 0.05) is 0 Å². The quantitative estimate of drug-likeness (QED) is 0.755. The number of alkyl halides is 3. The van der Waals surface area contributed by atoms with Crippen LogP contribution in [0.3, 0.4) is 0 Å². The standard InChI is InChI=1S/C9H17F3O2/c1-8(2,3)6(13)4-5-7(14)9(10,11)12/h6-7,13-14H,4-5H2,1-3H3. The van der Waals surface area contributed by atoms with Crippen LogP contribution in [0.2, 0.25) is 0 Å². The highest BCUT2D eigenvalue weighted by molar-refractivity contribution is 4.75. The van der Waals surface area contributed by atoms with E-state index in [1.165, 1.54) is 0 Å². The molecule has 0 aromatic heterocycles. The van der Waals surface area contributed by atoms with Gasteiger partial charge in [0.25, 0.3) is 0 Å². The summed E-state index contributed by atoms with van der Waals surface area (Å²) in [5, 5.41) is 18.1. The second-order valence-electron chi connectivity index (χ2n) is 4.52. The van der Waals surface area contributed by atoms with E-state index < -0.39 is 30.2 Å². The molecule has 0 aliphatic carbocycles. The lowest BCUT2D eigenvalue weighted by molar-refractivity contribution is -0.207. The predicted octanol–water partition coefficient (Wildman–Crippen LogP) is 2.10. The molecule has 0 fully saturated rings. The molecule has 5 heteroatoms. The Morgan fingerprint density at radius 2 is 1.29 bits per heavy atom. The predicted molar refractivity (Wildman–Crippen MR) is 46.8 cm³/mol. The summed E-state index contributed by atoms with van der Waals surface area (Å²) in [6.45, 7) is 5.20. The molecule has 0 aromatic carbocycles. The number of halogens is 3. The number of hydrogen-bond acceptors (Lipinski definition) is 2. The minimum absolute atomic E-state index is 0.0514. The molecule has 2 unspecified atom stereocenters. The molecule has 0 bridgehead atoms. The van der Waals surface area contributed by atoms with Crippen molar-refractivity contribution in [2.24, 2.45) is 5.41 Å². The fraction of sp³-hybridized carbons (Fsp3) is 1.00. The van der Waals surface area contributed by atoms with Crippen molar-refractivity contribution in [1.82, 2.24) is 0 Å². The van der Waals surface area contributed by atoms with Crippen LogP contribution in [0.15, 0.2) is 0 Å². The molecular formula is C9H17F3O2. The molecule has 0 saturated heterocycles. The SMILES string of the molecule is CC(C)(C)C(O)CCC(O)C(F)(F)F. The lowest BCUT2D eigenvalue weighted by Crippen LogP contribution is -2.32. The van der Waals surface area contributed by atoms with Crippen LogP contribution in [0.25, 0.3) is 0 Å². The van der Waals surface area contributed by atoms with Crippen molar-refractivity contribution in [3.05, 3.63) is 0 Å². The third-order valence-electron chi connectivity index (χ3n) is 2.09. The molecule has 0 rings (SSSR count). The smallest absolute Gasteiger partial charge is 0.393 e. The maximum absolute atomic E-state index is 11.9. The van der Waals surface area contributed by atoms with Crippen molar-refractivity contribution in [2.75, 3.05) is 0 Å². The van der Waals surface area contributed by atoms with E-state index in [0.717, 1.165) is 0 Å². The second-order valence-corrected chi connectivity index (χ2v) is 4.52. The number of rotatable bonds is 3. The van der Waals surface area contributed by atoms with Gasteiger partial charge in [0.05, 0.1) is 6.10 Å². The molecule has 0 spiro atoms. The maximum atomic E-state index is 11.9. The van der Waals surface area contributed by atoms with Gasteiger partial charge in [-0.05, 0) is 18.3 Å². The Labute approximate surface area is 81.7 Å². The highest BCUT2D eigenvalue weighted by Gasteiger charge is 2.38. The van der Waals surface area contributed by atoms with E-state index in [1.54, 1.807) is 20.8 Å². The summed E-state index contributed by atoms with van der Waals surface area (Å²) in [6.07, 6.45) is -8.26. The molecule has 0 aliphatic heterocycles. The van der Waals surface area contributed by atoms with Gasteiger partial charge in [-0.25, -0.2) is 0 Å². The first-order valence-electron chi connectivity index (χ1n) is 4.48. The van der Waals surface area contributed by atoms with Gasteiger partial charge in [0.2, 0.25) is 0 Å². The van der Waals surface area contributed by atoms with Gasteiger partial charge in [-0.1, -0.05) is 20.8 Å². The Bertz CT molecular complexity index is 152. The van der Waals surface area contributed by atoms with Crippen LogP contribution in [0.5, 0.6) is 0 Å². The number of aliphatic hydroxyl groups excluding tert-OH is 2. The van der Waals surface area contributed by atoms with E-state index in [0.29, 0.717) is 0 Å². The zero-order chi connectivity index (χ0) is 11.6. The van der Waals surface area contributed by atoms with Gasteiger partial charge < -0.3 is 10.2 Å². The zero-order valence-electron chi connectivity index (χ0n) is 8.60. The van der Waals surface area contributed by atoms with Crippen LogP contribution < -0.4 is 0 Å². The van der Waals surface area contributed by atoms with Crippen molar-refractivity contribution >= 4 is 0 Å². The first-order valence-corrected chi connectivity index (χ1v) is 4.48. The molecule has 2 N–H and O–H groups in total. The number of hydrogen-bond donors (Lipinski definition) is 2. The van der Waals surface area contributed by atoms with Crippen LogP contribution in [0.1, 0.15) is 33.6 Å². The molecule has 0 amide bonds. The molecule has 0 aromatic rings. The van der Waals surface area contributed by atoms with Gasteiger partial charge in [0.1, 0.15) is 6.10 Å². The summed E-state index contributed by atoms with van der Waals surface area (Å²) in [5.74, 6) is 0. The molecule has 2 nitrogen and oxygen atoms in total. The van der Waals surface area contributed by atoms with Crippen LogP contribution in [0, 0.1) is 5.41 Å². The summed E-state index contributed by atoms with van der Waals surface area (Å²) in [4.78, 5) is 0. The first-order chi connectivity index (χ1) is 6.05. The van der Waals surface area contributed by atoms with E-state index in [1.807, 2.05) is 0 Å². The second kappa shape index (κ2) is 4.49. The fourth-order valence-electron chi connectivity index (χ4n) is 0.912. The lowest BCUT2D eigenvalue weighted by atomic mass is 9.86. The summed E-state index contributed by atoms with van der Waals surface area (Å²) in [5.41, 5.74) is -0.453. The third kappa shape index (κ3) is 4.81. The van der Waals surface area contributed by atoms with Crippen molar-refractivity contribution in [1.29, 1.82) is 0 Å². The van der Waals surface area contributed by atoms with E-state index in [-0.39, 0.29) is 6.42 Å². The summed E-state index contributed by atoms with van der Waals surface area (Å²) < 4.78 is 35.6. The molecule has 86 valence electrons. The van der Waals surface area contributed by atoms with Crippen molar-refractivity contribution in [3.63, 3.8) is 0 Å². The average Bonchev–Trinajstić information content (AvgIpc) is 1.95. The average molecular weight is 214 g/mol. The number of aliphatic hydroxyl groups is 2. The van der Waals surface area contributed by atoms with Crippen molar-refractivity contribution in [3.8, 4) is 0 Å². The molecule has 2 atom stereocenters. The molecule has 0 saturated carbocycles. The third-order valence-corrected chi connectivity index (χ3v) is 2.09. The van der Waals surface area contributed by atoms with Crippen LogP contribution in [0.4, 0.5) is 13.2 Å². The molecular weight excluding hydrogens is 197 g/mol. The summed E-state index contributed by atoms with van der Waals surface area (Å²) in [7, 11) is 0. The Hall–Kier alpha value is -0.290. The summed E-state index contributed by atoms with van der Waals surface area (Å²) in [6, 6.07) is 0. The highest BCUT2D eigenvalue weighted by atomic mass is 19.4. The zero-order valence-corrected chi connectivity index (χ0v) is 8.60. The Morgan fingerprint density at radius 3 is 1.57 bits per heavy atom. The largest absolute Gasteiger partial charge is 0.414 e. The Kier molecular flexibility index (Phi) is 4.39. The van der Waals surface area contributed by atoms with E-state index in [4.69, 9.17) is 5.11 Å². The molecule has 0 aliphatic rings. The monoisotopic (exact) mass is 214 g/mol.